The van der Waals surface area contributed by atoms with Gasteiger partial charge in [0.25, 0.3) is 5.91 Å². The molecular formula is C29H26ClFN2O3. The molecule has 36 heavy (non-hydrogen) atoms. The summed E-state index contributed by atoms with van der Waals surface area (Å²) in [5.41, 5.74) is 2.83. The van der Waals surface area contributed by atoms with E-state index in [9.17, 15) is 14.4 Å². The first-order valence-electron chi connectivity index (χ1n) is 11.3. The van der Waals surface area contributed by atoms with Gasteiger partial charge in [-0.25, -0.2) is 4.39 Å². The lowest BCUT2D eigenvalue weighted by atomic mass is 10.0. The number of hydrogen-bond acceptors (Lipinski definition) is 4. The second-order valence-electron chi connectivity index (χ2n) is 7.85. The van der Waals surface area contributed by atoms with E-state index in [2.05, 4.69) is 11.9 Å². The van der Waals surface area contributed by atoms with Crippen LogP contribution in [0.1, 0.15) is 29.2 Å². The fourth-order valence-electron chi connectivity index (χ4n) is 3.51. The van der Waals surface area contributed by atoms with Crippen molar-refractivity contribution in [2.75, 3.05) is 11.9 Å². The highest BCUT2D eigenvalue weighted by molar-refractivity contribution is 6.31. The van der Waals surface area contributed by atoms with Crippen molar-refractivity contribution in [1.29, 1.82) is 5.26 Å². The van der Waals surface area contributed by atoms with Crippen LogP contribution in [0.2, 0.25) is 5.02 Å². The highest BCUT2D eigenvalue weighted by Crippen LogP contribution is 2.35. The number of hydrogen-bond donors (Lipinski definition) is 1. The van der Waals surface area contributed by atoms with Crippen molar-refractivity contribution < 1.29 is 18.7 Å². The number of benzene rings is 3. The zero-order chi connectivity index (χ0) is 26.1. The third kappa shape index (κ3) is 6.53. The summed E-state index contributed by atoms with van der Waals surface area (Å²) in [4.78, 5) is 12.8. The maximum Gasteiger partial charge on any atom is 0.266 e. The zero-order valence-corrected chi connectivity index (χ0v) is 20.9. The van der Waals surface area contributed by atoms with E-state index in [0.717, 1.165) is 5.56 Å². The largest absolute Gasteiger partial charge is 0.490 e. The highest BCUT2D eigenvalue weighted by atomic mass is 35.5. The summed E-state index contributed by atoms with van der Waals surface area (Å²) >= 11 is 6.14. The minimum Gasteiger partial charge on any atom is -0.490 e. The molecule has 0 unspecified atom stereocenters. The summed E-state index contributed by atoms with van der Waals surface area (Å²) in [7, 11) is 0. The predicted molar refractivity (Wildman–Crippen MR) is 141 cm³/mol. The number of ether oxygens (including phenoxy) is 2. The Hall–Kier alpha value is -4.08. The van der Waals surface area contributed by atoms with Crippen LogP contribution in [0, 0.1) is 24.1 Å². The molecule has 1 N–H and O–H groups in total. The van der Waals surface area contributed by atoms with Crippen molar-refractivity contribution in [3.05, 3.63) is 106 Å². The average molecular weight is 505 g/mol. The Bertz CT molecular complexity index is 1340. The van der Waals surface area contributed by atoms with Gasteiger partial charge in [0.1, 0.15) is 24.1 Å². The second-order valence-corrected chi connectivity index (χ2v) is 8.26. The van der Waals surface area contributed by atoms with Crippen LogP contribution in [0.3, 0.4) is 0 Å². The molecule has 0 aliphatic carbocycles. The van der Waals surface area contributed by atoms with Gasteiger partial charge in [-0.3, -0.25) is 4.79 Å². The maximum absolute atomic E-state index is 14.1. The molecule has 0 bridgehead atoms. The molecule has 3 rings (SSSR count). The predicted octanol–water partition coefficient (Wildman–Crippen LogP) is 7.04. The lowest BCUT2D eigenvalue weighted by molar-refractivity contribution is -0.112. The smallest absolute Gasteiger partial charge is 0.266 e. The average Bonchev–Trinajstić information content (AvgIpc) is 2.86. The number of halogens is 2. The maximum atomic E-state index is 14.1. The van der Waals surface area contributed by atoms with Gasteiger partial charge in [0.15, 0.2) is 11.5 Å². The molecule has 3 aromatic rings. The van der Waals surface area contributed by atoms with Crippen molar-refractivity contribution in [3.8, 4) is 17.6 Å². The normalized spacial score (nSPS) is 10.9. The Labute approximate surface area is 215 Å². The van der Waals surface area contributed by atoms with Gasteiger partial charge in [0.2, 0.25) is 0 Å². The van der Waals surface area contributed by atoms with Crippen LogP contribution in [0.25, 0.3) is 6.08 Å². The van der Waals surface area contributed by atoms with Crippen LogP contribution >= 0.6 is 11.6 Å². The van der Waals surface area contributed by atoms with Crippen molar-refractivity contribution >= 4 is 29.3 Å². The molecule has 5 nitrogen and oxygen atoms in total. The van der Waals surface area contributed by atoms with E-state index in [-0.39, 0.29) is 18.0 Å². The zero-order valence-electron chi connectivity index (χ0n) is 20.1. The van der Waals surface area contributed by atoms with E-state index in [0.29, 0.717) is 51.9 Å². The van der Waals surface area contributed by atoms with Crippen molar-refractivity contribution in [3.63, 3.8) is 0 Å². The van der Waals surface area contributed by atoms with Gasteiger partial charge < -0.3 is 14.8 Å². The molecule has 0 spiro atoms. The SMILES string of the molecule is C=CCc1cc(/C=C(\C#N)C(=O)Nc2cccc(Cl)c2C)cc(OCC)c1OCc1ccccc1F. The van der Waals surface area contributed by atoms with Crippen molar-refractivity contribution in [2.24, 2.45) is 0 Å². The summed E-state index contributed by atoms with van der Waals surface area (Å²) in [6.07, 6.45) is 3.61. The molecule has 0 heterocycles. The molecule has 0 radical (unpaired) electrons. The van der Waals surface area contributed by atoms with Gasteiger partial charge in [-0.15, -0.1) is 6.58 Å². The van der Waals surface area contributed by atoms with Crippen molar-refractivity contribution in [2.45, 2.75) is 26.9 Å². The summed E-state index contributed by atoms with van der Waals surface area (Å²) in [5, 5.41) is 12.9. The van der Waals surface area contributed by atoms with Crippen LogP contribution < -0.4 is 14.8 Å². The van der Waals surface area contributed by atoms with E-state index in [1.807, 2.05) is 13.0 Å². The van der Waals surface area contributed by atoms with Gasteiger partial charge in [0.05, 0.1) is 6.61 Å². The summed E-state index contributed by atoms with van der Waals surface area (Å²) in [5.74, 6) is -0.0524. The van der Waals surface area contributed by atoms with Crippen molar-refractivity contribution in [1.82, 2.24) is 0 Å². The third-order valence-electron chi connectivity index (χ3n) is 5.34. The van der Waals surface area contributed by atoms with Crippen LogP contribution in [0.15, 0.2) is 72.8 Å². The fourth-order valence-corrected chi connectivity index (χ4v) is 3.69. The monoisotopic (exact) mass is 504 g/mol. The van der Waals surface area contributed by atoms with Crippen LogP contribution in [0.4, 0.5) is 10.1 Å². The number of anilines is 1. The molecule has 1 amide bonds. The second kappa shape index (κ2) is 12.6. The first-order valence-corrected chi connectivity index (χ1v) is 11.7. The molecule has 0 atom stereocenters. The Balaban J connectivity index is 1.95. The van der Waals surface area contributed by atoms with E-state index < -0.39 is 5.91 Å². The quantitative estimate of drug-likeness (QED) is 0.182. The minimum atomic E-state index is -0.564. The lowest BCUT2D eigenvalue weighted by Crippen LogP contribution is -2.14. The van der Waals surface area contributed by atoms with E-state index in [1.165, 1.54) is 12.1 Å². The highest BCUT2D eigenvalue weighted by Gasteiger charge is 2.16. The Kier molecular flexibility index (Phi) is 9.26. The molecule has 0 saturated heterocycles. The number of amides is 1. The molecule has 7 heteroatoms. The number of nitrogens with zero attached hydrogens (tertiary/aromatic N) is 1. The molecule has 184 valence electrons. The number of nitrogens with one attached hydrogen (secondary N) is 1. The minimum absolute atomic E-state index is 0.0108. The molecule has 0 saturated carbocycles. The topological polar surface area (TPSA) is 71.4 Å². The van der Waals surface area contributed by atoms with Crippen LogP contribution in [0.5, 0.6) is 11.5 Å². The van der Waals surface area contributed by atoms with Crippen LogP contribution in [-0.4, -0.2) is 12.5 Å². The Morgan fingerprint density at radius 3 is 2.64 bits per heavy atom. The van der Waals surface area contributed by atoms with Gasteiger partial charge in [0, 0.05) is 21.8 Å². The molecule has 0 fully saturated rings. The first-order chi connectivity index (χ1) is 17.4. The van der Waals surface area contributed by atoms with Gasteiger partial charge in [-0.1, -0.05) is 41.9 Å². The molecular weight excluding hydrogens is 479 g/mol. The first kappa shape index (κ1) is 26.5. The third-order valence-corrected chi connectivity index (χ3v) is 5.75. The lowest BCUT2D eigenvalue weighted by Gasteiger charge is -2.17. The molecule has 0 aromatic heterocycles. The molecule has 0 aliphatic rings. The van der Waals surface area contributed by atoms with Gasteiger partial charge in [-0.2, -0.15) is 5.26 Å². The van der Waals surface area contributed by atoms with E-state index in [4.69, 9.17) is 21.1 Å². The van der Waals surface area contributed by atoms with Gasteiger partial charge in [-0.05, 0) is 67.8 Å². The van der Waals surface area contributed by atoms with Crippen LogP contribution in [-0.2, 0) is 17.8 Å². The number of carbonyl (C=O) groups is 1. The number of rotatable bonds is 10. The Morgan fingerprint density at radius 2 is 1.94 bits per heavy atom. The van der Waals surface area contributed by atoms with E-state index >= 15 is 0 Å². The summed E-state index contributed by atoms with van der Waals surface area (Å²) in [6.45, 7) is 7.78. The summed E-state index contributed by atoms with van der Waals surface area (Å²) in [6, 6.07) is 17.0. The molecule has 3 aromatic carbocycles. The van der Waals surface area contributed by atoms with E-state index in [1.54, 1.807) is 61.5 Å². The number of carbonyl (C=O) groups excluding carboxylic acids is 1. The molecule has 0 aliphatic heterocycles. The number of allylic oxidation sites excluding steroid dienone is 1. The fraction of sp³-hybridized carbons (Fsp3) is 0.172. The summed E-state index contributed by atoms with van der Waals surface area (Å²) < 4.78 is 25.9. The Morgan fingerprint density at radius 1 is 1.17 bits per heavy atom. The van der Waals surface area contributed by atoms with Gasteiger partial charge >= 0.3 is 0 Å². The standard InChI is InChI=1S/C29H26ClFN2O3/c1-4-9-21-14-20(15-23(17-32)29(34)33-26-13-8-11-24(30)19(26)3)16-27(35-5-2)28(21)36-18-22-10-6-7-12-25(22)31/h4,6-8,10-16H,1,5,9,18H2,2-3H3,(H,33,34)/b23-15+. The number of nitriles is 1.